The van der Waals surface area contributed by atoms with Gasteiger partial charge in [-0.3, -0.25) is 0 Å². The molecule has 0 N–H and O–H groups in total. The molecule has 3 aromatic carbocycles. The zero-order valence-electron chi connectivity index (χ0n) is 14.8. The van der Waals surface area contributed by atoms with Crippen LogP contribution in [0.4, 0.5) is 13.2 Å². The zero-order valence-corrected chi connectivity index (χ0v) is 14.8. The van der Waals surface area contributed by atoms with Crippen LogP contribution in [-0.2, 0) is 6.42 Å². The first-order chi connectivity index (χ1) is 13.1. The smallest absolute Gasteiger partial charge is 0.194 e. The van der Waals surface area contributed by atoms with Gasteiger partial charge in [0, 0.05) is 17.3 Å². The molecule has 0 saturated heterocycles. The molecule has 4 rings (SSSR count). The van der Waals surface area contributed by atoms with Gasteiger partial charge in [-0.05, 0) is 59.5 Å². The molecule has 0 spiro atoms. The second kappa shape index (κ2) is 6.95. The summed E-state index contributed by atoms with van der Waals surface area (Å²) < 4.78 is 42.7. The molecule has 27 heavy (non-hydrogen) atoms. The summed E-state index contributed by atoms with van der Waals surface area (Å²) in [7, 11) is 0. The van der Waals surface area contributed by atoms with Gasteiger partial charge in [0.05, 0.1) is 5.52 Å². The molecule has 0 radical (unpaired) electrons. The first-order valence-corrected chi connectivity index (χ1v) is 8.93. The van der Waals surface area contributed by atoms with E-state index in [4.69, 9.17) is 0 Å². The third-order valence-corrected chi connectivity index (χ3v) is 4.78. The lowest BCUT2D eigenvalue weighted by Gasteiger charge is -2.09. The number of aromatic nitrogens is 1. The molecule has 0 aliphatic carbocycles. The Morgan fingerprint density at radius 2 is 1.56 bits per heavy atom. The molecular weight excluding hydrogens is 347 g/mol. The zero-order chi connectivity index (χ0) is 19.0. The predicted molar refractivity (Wildman–Crippen MR) is 103 cm³/mol. The molecular formula is C23H18F3N. The number of nitrogens with zero attached hydrogens (tertiary/aromatic N) is 1. The Hall–Kier alpha value is -3.01. The van der Waals surface area contributed by atoms with Crippen molar-refractivity contribution < 1.29 is 13.2 Å². The largest absolute Gasteiger partial charge is 0.317 e. The lowest BCUT2D eigenvalue weighted by Crippen LogP contribution is -1.94. The molecule has 0 aliphatic heterocycles. The Bertz CT molecular complexity index is 1090. The minimum atomic E-state index is -1.45. The molecule has 0 saturated carbocycles. The van der Waals surface area contributed by atoms with E-state index in [9.17, 15) is 13.2 Å². The monoisotopic (exact) mass is 365 g/mol. The second-order valence-electron chi connectivity index (χ2n) is 6.59. The van der Waals surface area contributed by atoms with E-state index < -0.39 is 17.5 Å². The number of hydrogen-bond acceptors (Lipinski definition) is 0. The molecule has 1 nitrogen and oxygen atoms in total. The van der Waals surface area contributed by atoms with Crippen LogP contribution in [0.2, 0.25) is 0 Å². The summed E-state index contributed by atoms with van der Waals surface area (Å²) >= 11 is 0. The van der Waals surface area contributed by atoms with Gasteiger partial charge >= 0.3 is 0 Å². The Kier molecular flexibility index (Phi) is 4.48. The van der Waals surface area contributed by atoms with E-state index in [2.05, 4.69) is 31.2 Å². The minimum absolute atomic E-state index is 0.313. The van der Waals surface area contributed by atoms with Crippen molar-refractivity contribution in [3.63, 3.8) is 0 Å². The van der Waals surface area contributed by atoms with Gasteiger partial charge in [0.1, 0.15) is 0 Å². The summed E-state index contributed by atoms with van der Waals surface area (Å²) in [6, 6.07) is 17.9. The Balaban J connectivity index is 1.82. The van der Waals surface area contributed by atoms with E-state index in [1.165, 1.54) is 5.56 Å². The summed E-state index contributed by atoms with van der Waals surface area (Å²) in [5, 5.41) is 0.848. The lowest BCUT2D eigenvalue weighted by molar-refractivity contribution is 0.448. The standard InChI is InChI=1S/C23H18F3N/c1-2-4-15-7-9-17(10-8-15)27-12-11-19-18(5-3-6-22(19)27)16-13-20(24)23(26)21(25)14-16/h3,5-14H,2,4H2,1H3. The van der Waals surface area contributed by atoms with Crippen molar-refractivity contribution in [2.75, 3.05) is 0 Å². The highest BCUT2D eigenvalue weighted by Gasteiger charge is 2.14. The van der Waals surface area contributed by atoms with E-state index in [-0.39, 0.29) is 0 Å². The molecule has 4 heteroatoms. The fourth-order valence-corrected chi connectivity index (χ4v) is 3.47. The summed E-state index contributed by atoms with van der Waals surface area (Å²) in [5.41, 5.74) is 4.19. The first kappa shape index (κ1) is 17.4. The highest BCUT2D eigenvalue weighted by molar-refractivity contribution is 5.96. The summed E-state index contributed by atoms with van der Waals surface area (Å²) in [6.07, 6.45) is 4.07. The maximum Gasteiger partial charge on any atom is 0.194 e. The predicted octanol–water partition coefficient (Wildman–Crippen LogP) is 6.67. The van der Waals surface area contributed by atoms with Gasteiger partial charge < -0.3 is 4.57 Å². The van der Waals surface area contributed by atoms with Gasteiger partial charge in [0.2, 0.25) is 0 Å². The number of halogens is 3. The highest BCUT2D eigenvalue weighted by Crippen LogP contribution is 2.32. The van der Waals surface area contributed by atoms with E-state index >= 15 is 0 Å². The van der Waals surface area contributed by atoms with Crippen LogP contribution in [0.1, 0.15) is 18.9 Å². The second-order valence-corrected chi connectivity index (χ2v) is 6.59. The molecule has 0 amide bonds. The van der Waals surface area contributed by atoms with Crippen molar-refractivity contribution in [3.05, 3.63) is 89.9 Å². The van der Waals surface area contributed by atoms with Crippen LogP contribution < -0.4 is 0 Å². The maximum absolute atomic E-state index is 13.7. The average Bonchev–Trinajstić information content (AvgIpc) is 3.11. The normalized spacial score (nSPS) is 11.3. The SMILES string of the molecule is CCCc1ccc(-n2ccc3c(-c4cc(F)c(F)c(F)c4)cccc32)cc1. The lowest BCUT2D eigenvalue weighted by atomic mass is 10.0. The van der Waals surface area contributed by atoms with Crippen LogP contribution in [0.5, 0.6) is 0 Å². The summed E-state index contributed by atoms with van der Waals surface area (Å²) in [6.45, 7) is 2.15. The molecule has 0 bridgehead atoms. The van der Waals surface area contributed by atoms with Crippen LogP contribution >= 0.6 is 0 Å². The van der Waals surface area contributed by atoms with Crippen molar-refractivity contribution in [1.82, 2.24) is 4.57 Å². The molecule has 0 fully saturated rings. The van der Waals surface area contributed by atoms with Crippen LogP contribution in [0.25, 0.3) is 27.7 Å². The van der Waals surface area contributed by atoms with Crippen molar-refractivity contribution in [2.45, 2.75) is 19.8 Å². The van der Waals surface area contributed by atoms with E-state index in [0.29, 0.717) is 11.1 Å². The quantitative estimate of drug-likeness (QED) is 0.356. The van der Waals surface area contributed by atoms with E-state index in [1.807, 2.05) is 29.0 Å². The van der Waals surface area contributed by atoms with Gasteiger partial charge in [-0.15, -0.1) is 0 Å². The van der Waals surface area contributed by atoms with Gasteiger partial charge in [-0.2, -0.15) is 0 Å². The van der Waals surface area contributed by atoms with Gasteiger partial charge in [-0.1, -0.05) is 37.6 Å². The van der Waals surface area contributed by atoms with Crippen LogP contribution in [0.3, 0.4) is 0 Å². The van der Waals surface area contributed by atoms with E-state index in [1.54, 1.807) is 6.07 Å². The highest BCUT2D eigenvalue weighted by atomic mass is 19.2. The Morgan fingerprint density at radius 1 is 0.852 bits per heavy atom. The van der Waals surface area contributed by atoms with Gasteiger partial charge in [0.25, 0.3) is 0 Å². The molecule has 136 valence electrons. The maximum atomic E-state index is 13.7. The minimum Gasteiger partial charge on any atom is -0.317 e. The van der Waals surface area contributed by atoms with Gasteiger partial charge in [-0.25, -0.2) is 13.2 Å². The molecule has 0 unspecified atom stereocenters. The van der Waals surface area contributed by atoms with Crippen molar-refractivity contribution >= 4 is 10.9 Å². The molecule has 0 atom stereocenters. The van der Waals surface area contributed by atoms with Crippen LogP contribution in [0, 0.1) is 17.5 Å². The molecule has 1 heterocycles. The van der Waals surface area contributed by atoms with Crippen molar-refractivity contribution in [2.24, 2.45) is 0 Å². The fourth-order valence-electron chi connectivity index (χ4n) is 3.47. The van der Waals surface area contributed by atoms with Crippen molar-refractivity contribution in [3.8, 4) is 16.8 Å². The Morgan fingerprint density at radius 3 is 2.22 bits per heavy atom. The van der Waals surface area contributed by atoms with Gasteiger partial charge in [0.15, 0.2) is 17.5 Å². The molecule has 1 aromatic heterocycles. The third kappa shape index (κ3) is 3.12. The van der Waals surface area contributed by atoms with Crippen LogP contribution in [-0.4, -0.2) is 4.57 Å². The number of hydrogen-bond donors (Lipinski definition) is 0. The number of aryl methyl sites for hydroxylation is 1. The number of fused-ring (bicyclic) bond motifs is 1. The Labute approximate surface area is 155 Å². The third-order valence-electron chi connectivity index (χ3n) is 4.78. The first-order valence-electron chi connectivity index (χ1n) is 8.93. The summed E-state index contributed by atoms with van der Waals surface area (Å²) in [5.74, 6) is -3.82. The van der Waals surface area contributed by atoms with E-state index in [0.717, 1.165) is 41.6 Å². The number of benzene rings is 3. The summed E-state index contributed by atoms with van der Waals surface area (Å²) in [4.78, 5) is 0. The average molecular weight is 365 g/mol. The molecule has 0 aliphatic rings. The number of rotatable bonds is 4. The fraction of sp³-hybridized carbons (Fsp3) is 0.130. The molecule has 4 aromatic rings. The van der Waals surface area contributed by atoms with Crippen molar-refractivity contribution in [1.29, 1.82) is 0 Å². The van der Waals surface area contributed by atoms with Crippen LogP contribution in [0.15, 0.2) is 66.9 Å². The topological polar surface area (TPSA) is 4.93 Å².